The second-order valence-electron chi connectivity index (χ2n) is 4.78. The molecule has 0 aromatic heterocycles. The van der Waals surface area contributed by atoms with Gasteiger partial charge < -0.3 is 10.4 Å². The van der Waals surface area contributed by atoms with Crippen LogP contribution in [-0.4, -0.2) is 23.8 Å². The van der Waals surface area contributed by atoms with Crippen molar-refractivity contribution in [2.24, 2.45) is 17.8 Å². The Bertz CT molecular complexity index is 155. The Balaban J connectivity index is 1.85. The summed E-state index contributed by atoms with van der Waals surface area (Å²) in [6.07, 6.45) is 2.22. The second-order valence-corrected chi connectivity index (χ2v) is 4.78. The van der Waals surface area contributed by atoms with E-state index in [0.717, 1.165) is 18.9 Å². The molecule has 0 aromatic rings. The van der Waals surface area contributed by atoms with Gasteiger partial charge in [0.15, 0.2) is 0 Å². The van der Waals surface area contributed by atoms with Crippen LogP contribution in [0.25, 0.3) is 0 Å². The molecule has 0 radical (unpaired) electrons. The molecule has 2 aliphatic heterocycles. The van der Waals surface area contributed by atoms with E-state index >= 15 is 0 Å². The van der Waals surface area contributed by atoms with Gasteiger partial charge in [-0.3, -0.25) is 0 Å². The highest BCUT2D eigenvalue weighted by molar-refractivity contribution is 5.04. The van der Waals surface area contributed by atoms with E-state index in [1.165, 1.54) is 6.42 Å². The van der Waals surface area contributed by atoms with Crippen molar-refractivity contribution in [3.63, 3.8) is 0 Å². The van der Waals surface area contributed by atoms with Gasteiger partial charge in [0.1, 0.15) is 0 Å². The van der Waals surface area contributed by atoms with Crippen molar-refractivity contribution in [3.8, 4) is 0 Å². The molecule has 1 saturated carbocycles. The van der Waals surface area contributed by atoms with Crippen LogP contribution in [0.3, 0.4) is 0 Å². The molecule has 2 nitrogen and oxygen atoms in total. The monoisotopic (exact) mass is 169 g/mol. The molecule has 2 heterocycles. The lowest BCUT2D eigenvalue weighted by Gasteiger charge is -2.38. The second kappa shape index (κ2) is 3.00. The van der Waals surface area contributed by atoms with Gasteiger partial charge in [-0.15, -0.1) is 0 Å². The van der Waals surface area contributed by atoms with Gasteiger partial charge in [0.25, 0.3) is 0 Å². The molecule has 12 heavy (non-hydrogen) atoms. The van der Waals surface area contributed by atoms with Gasteiger partial charge in [0.2, 0.25) is 0 Å². The summed E-state index contributed by atoms with van der Waals surface area (Å²) in [4.78, 5) is 0. The molecule has 0 spiro atoms. The molecule has 2 saturated heterocycles. The van der Waals surface area contributed by atoms with Crippen LogP contribution in [0.15, 0.2) is 0 Å². The van der Waals surface area contributed by atoms with E-state index < -0.39 is 0 Å². The lowest BCUT2D eigenvalue weighted by molar-refractivity contribution is 0.0151. The number of aliphatic hydroxyl groups excluding tert-OH is 1. The van der Waals surface area contributed by atoms with E-state index in [-0.39, 0.29) is 6.10 Å². The summed E-state index contributed by atoms with van der Waals surface area (Å²) in [5.41, 5.74) is 0. The minimum absolute atomic E-state index is 0.0521. The summed E-state index contributed by atoms with van der Waals surface area (Å²) < 4.78 is 0. The van der Waals surface area contributed by atoms with Crippen LogP contribution in [0.5, 0.6) is 0 Å². The third-order valence-electron chi connectivity index (χ3n) is 3.37. The first-order chi connectivity index (χ1) is 5.68. The molecule has 4 atom stereocenters. The lowest BCUT2D eigenvalue weighted by Crippen LogP contribution is -2.45. The fourth-order valence-electron chi connectivity index (χ4n) is 2.74. The van der Waals surface area contributed by atoms with E-state index in [9.17, 15) is 5.11 Å². The minimum atomic E-state index is -0.0521. The third kappa shape index (κ3) is 1.27. The highest BCUT2D eigenvalue weighted by Gasteiger charge is 2.49. The summed E-state index contributed by atoms with van der Waals surface area (Å²) in [5.74, 6) is 1.98. The molecule has 0 aromatic carbocycles. The number of nitrogens with one attached hydrogen (secondary N) is 1. The highest BCUT2D eigenvalue weighted by Crippen LogP contribution is 2.43. The maximum atomic E-state index is 9.88. The van der Waals surface area contributed by atoms with Crippen LogP contribution >= 0.6 is 0 Å². The zero-order valence-electron chi connectivity index (χ0n) is 7.96. The molecular weight excluding hydrogens is 150 g/mol. The molecular formula is C10H19NO. The molecule has 3 rings (SSSR count). The number of hydrogen-bond donors (Lipinski definition) is 2. The summed E-state index contributed by atoms with van der Waals surface area (Å²) in [7, 11) is 0. The first-order valence-electron chi connectivity index (χ1n) is 5.10. The van der Waals surface area contributed by atoms with Gasteiger partial charge in [0.05, 0.1) is 6.10 Å². The molecule has 3 aliphatic rings. The Morgan fingerprint density at radius 1 is 1.50 bits per heavy atom. The Kier molecular flexibility index (Phi) is 2.13. The smallest absolute Gasteiger partial charge is 0.0588 e. The van der Waals surface area contributed by atoms with Crippen molar-refractivity contribution in [1.82, 2.24) is 5.32 Å². The molecule has 0 amide bonds. The number of hydrogen-bond acceptors (Lipinski definition) is 2. The molecule has 2 heteroatoms. The average Bonchev–Trinajstić information content (AvgIpc) is 2.39. The zero-order valence-corrected chi connectivity index (χ0v) is 7.96. The van der Waals surface area contributed by atoms with E-state index in [1.807, 2.05) is 0 Å². The normalized spacial score (nSPS) is 41.5. The van der Waals surface area contributed by atoms with Crippen molar-refractivity contribution >= 4 is 0 Å². The Morgan fingerprint density at radius 2 is 2.25 bits per heavy atom. The largest absolute Gasteiger partial charge is 0.393 e. The van der Waals surface area contributed by atoms with Crippen LogP contribution in [-0.2, 0) is 0 Å². The number of fused-ring (bicyclic) bond motifs is 1. The van der Waals surface area contributed by atoms with Gasteiger partial charge >= 0.3 is 0 Å². The minimum Gasteiger partial charge on any atom is -0.393 e. The van der Waals surface area contributed by atoms with Crippen LogP contribution in [0.4, 0.5) is 0 Å². The van der Waals surface area contributed by atoms with E-state index in [1.54, 1.807) is 0 Å². The van der Waals surface area contributed by atoms with Gasteiger partial charge in [-0.25, -0.2) is 0 Å². The Labute approximate surface area is 74.4 Å². The summed E-state index contributed by atoms with van der Waals surface area (Å²) >= 11 is 0. The first kappa shape index (κ1) is 8.52. The van der Waals surface area contributed by atoms with Crippen LogP contribution in [0, 0.1) is 17.8 Å². The van der Waals surface area contributed by atoms with Crippen molar-refractivity contribution < 1.29 is 5.11 Å². The van der Waals surface area contributed by atoms with Crippen molar-refractivity contribution in [2.75, 3.05) is 6.54 Å². The molecule has 4 unspecified atom stereocenters. The molecule has 2 N–H and O–H groups in total. The number of aliphatic hydroxyl groups is 1. The summed E-state index contributed by atoms with van der Waals surface area (Å²) in [5, 5.41) is 13.3. The van der Waals surface area contributed by atoms with Crippen molar-refractivity contribution in [3.05, 3.63) is 0 Å². The lowest BCUT2D eigenvalue weighted by atomic mass is 9.69. The third-order valence-corrected chi connectivity index (χ3v) is 3.37. The SMILES string of the molecule is CC(C)CC(O)C1C2CNC1C2. The highest BCUT2D eigenvalue weighted by atomic mass is 16.3. The fraction of sp³-hybridized carbons (Fsp3) is 1.00. The van der Waals surface area contributed by atoms with Gasteiger partial charge in [-0.2, -0.15) is 0 Å². The predicted octanol–water partition coefficient (Wildman–Crippen LogP) is 1.00. The van der Waals surface area contributed by atoms with Crippen molar-refractivity contribution in [1.29, 1.82) is 0 Å². The van der Waals surface area contributed by atoms with Crippen molar-refractivity contribution in [2.45, 2.75) is 38.8 Å². The van der Waals surface area contributed by atoms with E-state index in [4.69, 9.17) is 0 Å². The zero-order chi connectivity index (χ0) is 8.72. The molecule has 2 bridgehead atoms. The summed E-state index contributed by atoms with van der Waals surface area (Å²) in [6, 6.07) is 0.642. The fourth-order valence-corrected chi connectivity index (χ4v) is 2.74. The quantitative estimate of drug-likeness (QED) is 0.660. The topological polar surface area (TPSA) is 32.3 Å². The van der Waals surface area contributed by atoms with Crippen LogP contribution in [0.2, 0.25) is 0 Å². The maximum Gasteiger partial charge on any atom is 0.0588 e. The first-order valence-corrected chi connectivity index (χ1v) is 5.10. The van der Waals surface area contributed by atoms with Crippen LogP contribution < -0.4 is 5.32 Å². The predicted molar refractivity (Wildman–Crippen MR) is 48.8 cm³/mol. The standard InChI is InChI=1S/C10H19NO/c1-6(2)3-9(12)10-7-4-8(10)11-5-7/h6-12H,3-5H2,1-2H3. The Hall–Kier alpha value is -0.0800. The molecule has 70 valence electrons. The van der Waals surface area contributed by atoms with Gasteiger partial charge in [0, 0.05) is 12.0 Å². The Morgan fingerprint density at radius 3 is 2.67 bits per heavy atom. The van der Waals surface area contributed by atoms with Crippen LogP contribution in [0.1, 0.15) is 26.7 Å². The maximum absolute atomic E-state index is 9.88. The summed E-state index contributed by atoms with van der Waals surface area (Å²) in [6.45, 7) is 5.50. The van der Waals surface area contributed by atoms with E-state index in [0.29, 0.717) is 17.9 Å². The molecule has 3 fully saturated rings. The van der Waals surface area contributed by atoms with E-state index in [2.05, 4.69) is 19.2 Å². The number of rotatable bonds is 3. The van der Waals surface area contributed by atoms with Gasteiger partial charge in [-0.05, 0) is 31.2 Å². The average molecular weight is 169 g/mol. The van der Waals surface area contributed by atoms with Gasteiger partial charge in [-0.1, -0.05) is 13.8 Å². The molecule has 1 aliphatic carbocycles.